The summed E-state index contributed by atoms with van der Waals surface area (Å²) in [5, 5.41) is 9.06. The Hall–Kier alpha value is -1.88. The summed E-state index contributed by atoms with van der Waals surface area (Å²) < 4.78 is 0. The van der Waals surface area contributed by atoms with E-state index in [-0.39, 0.29) is 11.8 Å². The fourth-order valence-corrected chi connectivity index (χ4v) is 4.24. The molecule has 0 unspecified atom stereocenters. The Bertz CT molecular complexity index is 638. The summed E-state index contributed by atoms with van der Waals surface area (Å²) in [6.45, 7) is 6.20. The van der Waals surface area contributed by atoms with Gasteiger partial charge in [-0.15, -0.1) is 0 Å². The minimum absolute atomic E-state index is 0.173. The van der Waals surface area contributed by atoms with Crippen molar-refractivity contribution in [3.8, 4) is 0 Å². The fraction of sp³-hybridized carbons (Fsp3) is 0.619. The standard InChI is InChI=1S/C21H30N2O3/c1-16-4-2-5-18(14-16)19-6-3-10-22(15-19)11-9-20(24)23-12-7-17(8-13-23)21(25)26/h2,4-5,14,17,19H,3,6-13,15H2,1H3,(H,25,26)/t19-/m1/s1. The molecule has 0 aliphatic carbocycles. The van der Waals surface area contributed by atoms with Gasteiger partial charge in [-0.1, -0.05) is 29.8 Å². The molecule has 2 aliphatic heterocycles. The lowest BCUT2D eigenvalue weighted by molar-refractivity contribution is -0.145. The Morgan fingerprint density at radius 1 is 1.15 bits per heavy atom. The highest BCUT2D eigenvalue weighted by Gasteiger charge is 2.27. The summed E-state index contributed by atoms with van der Waals surface area (Å²) in [6, 6.07) is 8.77. The van der Waals surface area contributed by atoms with Crippen LogP contribution in [-0.4, -0.2) is 59.5 Å². The van der Waals surface area contributed by atoms with Crippen molar-refractivity contribution in [3.05, 3.63) is 35.4 Å². The normalized spacial score (nSPS) is 22.3. The summed E-state index contributed by atoms with van der Waals surface area (Å²) in [5.41, 5.74) is 2.72. The first kappa shape index (κ1) is 18.9. The molecule has 3 rings (SSSR count). The van der Waals surface area contributed by atoms with E-state index in [1.54, 1.807) is 0 Å². The number of likely N-dealkylation sites (tertiary alicyclic amines) is 2. The third kappa shape index (κ3) is 4.85. The Kier molecular flexibility index (Phi) is 6.30. The lowest BCUT2D eigenvalue weighted by Crippen LogP contribution is -2.42. The number of rotatable bonds is 5. The fourth-order valence-electron chi connectivity index (χ4n) is 4.24. The van der Waals surface area contributed by atoms with Crippen LogP contribution < -0.4 is 0 Å². The minimum atomic E-state index is -0.729. The highest BCUT2D eigenvalue weighted by Crippen LogP contribution is 2.27. The Balaban J connectivity index is 1.46. The van der Waals surface area contributed by atoms with Crippen molar-refractivity contribution < 1.29 is 14.7 Å². The second-order valence-electron chi connectivity index (χ2n) is 7.80. The maximum absolute atomic E-state index is 12.5. The van der Waals surface area contributed by atoms with Crippen LogP contribution in [0.25, 0.3) is 0 Å². The van der Waals surface area contributed by atoms with Gasteiger partial charge in [-0.25, -0.2) is 0 Å². The second kappa shape index (κ2) is 8.67. The van der Waals surface area contributed by atoms with Crippen LogP contribution in [0, 0.1) is 12.8 Å². The van der Waals surface area contributed by atoms with Crippen molar-refractivity contribution in [2.45, 2.75) is 44.9 Å². The number of carboxylic acids is 1. The number of hydrogen-bond acceptors (Lipinski definition) is 3. The highest BCUT2D eigenvalue weighted by atomic mass is 16.4. The predicted octanol–water partition coefficient (Wildman–Crippen LogP) is 2.89. The minimum Gasteiger partial charge on any atom is -0.481 e. The van der Waals surface area contributed by atoms with Gasteiger partial charge in [0.1, 0.15) is 0 Å². The van der Waals surface area contributed by atoms with E-state index in [9.17, 15) is 9.59 Å². The third-order valence-electron chi connectivity index (χ3n) is 5.86. The summed E-state index contributed by atoms with van der Waals surface area (Å²) >= 11 is 0. The van der Waals surface area contributed by atoms with E-state index in [2.05, 4.69) is 36.1 Å². The van der Waals surface area contributed by atoms with Gasteiger partial charge in [0.15, 0.2) is 0 Å². The summed E-state index contributed by atoms with van der Waals surface area (Å²) in [4.78, 5) is 27.8. The van der Waals surface area contributed by atoms with Crippen LogP contribution in [0.15, 0.2) is 24.3 Å². The average molecular weight is 358 g/mol. The number of aryl methyl sites for hydroxylation is 1. The maximum atomic E-state index is 12.5. The van der Waals surface area contributed by atoms with Crippen LogP contribution in [0.5, 0.6) is 0 Å². The lowest BCUT2D eigenvalue weighted by atomic mass is 9.90. The molecular weight excluding hydrogens is 328 g/mol. The van der Waals surface area contributed by atoms with Crippen molar-refractivity contribution in [1.82, 2.24) is 9.80 Å². The van der Waals surface area contributed by atoms with Crippen LogP contribution in [0.4, 0.5) is 0 Å². The number of carbonyl (C=O) groups is 2. The molecule has 0 saturated carbocycles. The molecule has 1 amide bonds. The van der Waals surface area contributed by atoms with Crippen LogP contribution in [0.3, 0.4) is 0 Å². The van der Waals surface area contributed by atoms with E-state index in [4.69, 9.17) is 5.11 Å². The number of hydrogen-bond donors (Lipinski definition) is 1. The maximum Gasteiger partial charge on any atom is 0.306 e. The number of amides is 1. The molecule has 2 heterocycles. The lowest BCUT2D eigenvalue weighted by Gasteiger charge is -2.34. The molecule has 0 radical (unpaired) electrons. The number of nitrogens with zero attached hydrogens (tertiary/aromatic N) is 2. The van der Waals surface area contributed by atoms with Gasteiger partial charge in [-0.05, 0) is 50.6 Å². The topological polar surface area (TPSA) is 60.9 Å². The summed E-state index contributed by atoms with van der Waals surface area (Å²) in [6.07, 6.45) is 4.10. The smallest absolute Gasteiger partial charge is 0.306 e. The van der Waals surface area contributed by atoms with E-state index in [0.717, 1.165) is 19.6 Å². The number of benzene rings is 1. The molecular formula is C21H30N2O3. The van der Waals surface area contributed by atoms with Crippen molar-refractivity contribution >= 4 is 11.9 Å². The number of carboxylic acid groups (broad SMARTS) is 1. The zero-order chi connectivity index (χ0) is 18.5. The molecule has 1 aromatic carbocycles. The molecule has 2 aliphatic rings. The number of piperidine rings is 2. The van der Waals surface area contributed by atoms with Gasteiger partial charge < -0.3 is 14.9 Å². The van der Waals surface area contributed by atoms with Crippen LogP contribution in [0.2, 0.25) is 0 Å². The number of carbonyl (C=O) groups excluding carboxylic acids is 1. The third-order valence-corrected chi connectivity index (χ3v) is 5.86. The molecule has 1 aromatic rings. The zero-order valence-corrected chi connectivity index (χ0v) is 15.7. The Morgan fingerprint density at radius 2 is 1.92 bits per heavy atom. The first-order valence-corrected chi connectivity index (χ1v) is 9.82. The van der Waals surface area contributed by atoms with Gasteiger partial charge in [-0.3, -0.25) is 9.59 Å². The van der Waals surface area contributed by atoms with Crippen LogP contribution in [-0.2, 0) is 9.59 Å². The largest absolute Gasteiger partial charge is 0.481 e. The molecule has 142 valence electrons. The van der Waals surface area contributed by atoms with Gasteiger partial charge >= 0.3 is 5.97 Å². The molecule has 0 aromatic heterocycles. The Labute approximate surface area is 156 Å². The number of aliphatic carboxylic acids is 1. The summed E-state index contributed by atoms with van der Waals surface area (Å²) in [7, 11) is 0. The van der Waals surface area contributed by atoms with E-state index in [1.807, 2.05) is 4.90 Å². The van der Waals surface area contributed by atoms with Gasteiger partial charge in [0.05, 0.1) is 5.92 Å². The second-order valence-corrected chi connectivity index (χ2v) is 7.80. The molecule has 5 heteroatoms. The molecule has 1 N–H and O–H groups in total. The van der Waals surface area contributed by atoms with E-state index < -0.39 is 5.97 Å². The van der Waals surface area contributed by atoms with Crippen molar-refractivity contribution in [2.24, 2.45) is 5.92 Å². The monoisotopic (exact) mass is 358 g/mol. The van der Waals surface area contributed by atoms with Crippen LogP contribution >= 0.6 is 0 Å². The Morgan fingerprint density at radius 3 is 2.62 bits per heavy atom. The van der Waals surface area contributed by atoms with Gasteiger partial charge in [-0.2, -0.15) is 0 Å². The van der Waals surface area contributed by atoms with Crippen molar-refractivity contribution in [3.63, 3.8) is 0 Å². The first-order chi connectivity index (χ1) is 12.5. The van der Waals surface area contributed by atoms with E-state index >= 15 is 0 Å². The summed E-state index contributed by atoms with van der Waals surface area (Å²) in [5.74, 6) is -0.277. The van der Waals surface area contributed by atoms with Crippen molar-refractivity contribution in [2.75, 3.05) is 32.7 Å². The molecule has 0 bridgehead atoms. The van der Waals surface area contributed by atoms with Gasteiger partial charge in [0.2, 0.25) is 5.91 Å². The molecule has 2 fully saturated rings. The molecule has 26 heavy (non-hydrogen) atoms. The van der Waals surface area contributed by atoms with E-state index in [1.165, 1.54) is 24.0 Å². The predicted molar refractivity (Wildman–Crippen MR) is 101 cm³/mol. The van der Waals surface area contributed by atoms with Crippen LogP contribution in [0.1, 0.15) is 49.1 Å². The molecule has 5 nitrogen and oxygen atoms in total. The molecule has 1 atom stereocenters. The van der Waals surface area contributed by atoms with E-state index in [0.29, 0.717) is 38.3 Å². The van der Waals surface area contributed by atoms with Gasteiger partial charge in [0, 0.05) is 32.6 Å². The molecule has 2 saturated heterocycles. The first-order valence-electron chi connectivity index (χ1n) is 9.82. The van der Waals surface area contributed by atoms with Gasteiger partial charge in [0.25, 0.3) is 0 Å². The molecule has 0 spiro atoms. The quantitative estimate of drug-likeness (QED) is 0.879. The average Bonchev–Trinajstić information content (AvgIpc) is 2.66. The SMILES string of the molecule is Cc1cccc([C@@H]2CCCN(CCC(=O)N3CCC(C(=O)O)CC3)C2)c1. The van der Waals surface area contributed by atoms with Crippen molar-refractivity contribution in [1.29, 1.82) is 0 Å². The highest BCUT2D eigenvalue weighted by molar-refractivity contribution is 5.77. The zero-order valence-electron chi connectivity index (χ0n) is 15.7.